The summed E-state index contributed by atoms with van der Waals surface area (Å²) in [5.74, 6) is 0.0395. The van der Waals surface area contributed by atoms with Crippen LogP contribution in [0, 0.1) is 6.92 Å². The number of carbonyl (C=O) groups is 1. The van der Waals surface area contributed by atoms with Crippen molar-refractivity contribution in [2.45, 2.75) is 12.0 Å². The number of hydrogen-bond acceptors (Lipinski definition) is 5. The fourth-order valence-corrected chi connectivity index (χ4v) is 2.47. The van der Waals surface area contributed by atoms with Gasteiger partial charge in [-0.15, -0.1) is 0 Å². The normalized spacial score (nSPS) is 11.7. The van der Waals surface area contributed by atoms with Crippen LogP contribution in [0.5, 0.6) is 0 Å². The highest BCUT2D eigenvalue weighted by Crippen LogP contribution is 2.19. The van der Waals surface area contributed by atoms with Crippen molar-refractivity contribution in [2.75, 3.05) is 5.32 Å². The molecule has 2 aromatic heterocycles. The Labute approximate surface area is 125 Å². The lowest BCUT2D eigenvalue weighted by molar-refractivity contribution is 0.0991. The van der Waals surface area contributed by atoms with Gasteiger partial charge in [0, 0.05) is 5.69 Å². The molecule has 8 nitrogen and oxygen atoms in total. The molecule has 0 aliphatic heterocycles. The number of nitrogens with two attached hydrogens (primary N) is 1. The molecule has 0 atom stereocenters. The Balaban J connectivity index is 1.84. The van der Waals surface area contributed by atoms with Crippen molar-refractivity contribution in [2.24, 2.45) is 5.14 Å². The Hall–Kier alpha value is -2.65. The van der Waals surface area contributed by atoms with Crippen LogP contribution in [0.4, 0.5) is 5.69 Å². The number of anilines is 1. The van der Waals surface area contributed by atoms with E-state index in [4.69, 9.17) is 9.56 Å². The first-order valence-corrected chi connectivity index (χ1v) is 7.78. The molecular weight excluding hydrogens is 308 g/mol. The highest BCUT2D eigenvalue weighted by molar-refractivity contribution is 7.89. The van der Waals surface area contributed by atoms with Crippen LogP contribution in [0.2, 0.25) is 0 Å². The van der Waals surface area contributed by atoms with Crippen LogP contribution in [0.1, 0.15) is 16.4 Å². The first-order valence-electron chi connectivity index (χ1n) is 6.23. The third-order valence-corrected chi connectivity index (χ3v) is 3.72. The summed E-state index contributed by atoms with van der Waals surface area (Å²) in [7, 11) is -3.97. The standard InChI is InChI=1S/C13H12N4O4S/c1-7-15-9-3-2-8(6-10(9)16-7)17-13(18)11-4-5-12(21-11)22(14,19)20/h2-6H,1H3,(H,15,16)(H,17,18)(H2,14,19,20). The van der Waals surface area contributed by atoms with Crippen LogP contribution < -0.4 is 10.5 Å². The van der Waals surface area contributed by atoms with E-state index in [1.807, 2.05) is 6.92 Å². The van der Waals surface area contributed by atoms with E-state index >= 15 is 0 Å². The molecule has 22 heavy (non-hydrogen) atoms. The zero-order chi connectivity index (χ0) is 15.9. The van der Waals surface area contributed by atoms with E-state index in [0.29, 0.717) is 5.69 Å². The number of fused-ring (bicyclic) bond motifs is 1. The number of H-pyrrole nitrogens is 1. The second-order valence-electron chi connectivity index (χ2n) is 4.67. The SMILES string of the molecule is Cc1nc2ccc(NC(=O)c3ccc(S(N)(=O)=O)o3)cc2[nH]1. The number of aryl methyl sites for hydroxylation is 1. The quantitative estimate of drug-likeness (QED) is 0.670. The summed E-state index contributed by atoms with van der Waals surface area (Å²) in [4.78, 5) is 19.3. The fourth-order valence-electron chi connectivity index (χ4n) is 2.00. The molecule has 0 radical (unpaired) electrons. The van der Waals surface area contributed by atoms with E-state index in [1.54, 1.807) is 18.2 Å². The second kappa shape index (κ2) is 4.97. The molecule has 2 heterocycles. The third-order valence-electron chi connectivity index (χ3n) is 2.94. The Morgan fingerprint density at radius 2 is 2.09 bits per heavy atom. The number of imidazole rings is 1. The molecule has 1 aromatic carbocycles. The second-order valence-corrected chi connectivity index (χ2v) is 6.16. The average Bonchev–Trinajstić information content (AvgIpc) is 3.02. The molecule has 0 spiro atoms. The number of aromatic nitrogens is 2. The first kappa shape index (κ1) is 14.3. The summed E-state index contributed by atoms with van der Waals surface area (Å²) in [5.41, 5.74) is 2.08. The Morgan fingerprint density at radius 3 is 2.77 bits per heavy atom. The van der Waals surface area contributed by atoms with Crippen LogP contribution in [-0.2, 0) is 10.0 Å². The molecule has 3 aromatic rings. The highest BCUT2D eigenvalue weighted by Gasteiger charge is 2.17. The smallest absolute Gasteiger partial charge is 0.291 e. The highest BCUT2D eigenvalue weighted by atomic mass is 32.2. The van der Waals surface area contributed by atoms with Crippen LogP contribution >= 0.6 is 0 Å². The zero-order valence-corrected chi connectivity index (χ0v) is 12.3. The number of furan rings is 1. The predicted molar refractivity (Wildman–Crippen MR) is 78.9 cm³/mol. The van der Waals surface area contributed by atoms with E-state index < -0.39 is 21.0 Å². The molecule has 0 saturated carbocycles. The van der Waals surface area contributed by atoms with E-state index in [2.05, 4.69) is 15.3 Å². The van der Waals surface area contributed by atoms with Gasteiger partial charge < -0.3 is 14.7 Å². The molecule has 0 aliphatic carbocycles. The van der Waals surface area contributed by atoms with Crippen molar-refractivity contribution in [3.63, 3.8) is 0 Å². The number of nitrogens with zero attached hydrogens (tertiary/aromatic N) is 1. The average molecular weight is 320 g/mol. The summed E-state index contributed by atoms with van der Waals surface area (Å²) < 4.78 is 27.2. The first-order chi connectivity index (χ1) is 10.3. The van der Waals surface area contributed by atoms with Gasteiger partial charge in [0.2, 0.25) is 5.09 Å². The Bertz CT molecular complexity index is 971. The molecule has 0 aliphatic rings. The predicted octanol–water partition coefficient (Wildman–Crippen LogP) is 1.36. The third kappa shape index (κ3) is 2.71. The minimum atomic E-state index is -3.97. The van der Waals surface area contributed by atoms with Crippen LogP contribution in [-0.4, -0.2) is 24.3 Å². The lowest BCUT2D eigenvalue weighted by Crippen LogP contribution is -2.12. The van der Waals surface area contributed by atoms with Crippen LogP contribution in [0.15, 0.2) is 39.8 Å². The fraction of sp³-hybridized carbons (Fsp3) is 0.0769. The maximum Gasteiger partial charge on any atom is 0.291 e. The molecule has 1 amide bonds. The number of carbonyl (C=O) groups excluding carboxylic acids is 1. The van der Waals surface area contributed by atoms with Gasteiger partial charge in [0.15, 0.2) is 5.76 Å². The number of primary sulfonamides is 1. The molecular formula is C13H12N4O4S. The van der Waals surface area contributed by atoms with Gasteiger partial charge >= 0.3 is 0 Å². The minimum Gasteiger partial charge on any atom is -0.438 e. The molecule has 0 bridgehead atoms. The van der Waals surface area contributed by atoms with E-state index in [1.165, 1.54) is 6.07 Å². The van der Waals surface area contributed by atoms with Crippen molar-refractivity contribution < 1.29 is 17.6 Å². The monoisotopic (exact) mass is 320 g/mol. The topological polar surface area (TPSA) is 131 Å². The summed E-state index contributed by atoms with van der Waals surface area (Å²) in [6.45, 7) is 1.83. The van der Waals surface area contributed by atoms with Gasteiger partial charge in [-0.2, -0.15) is 0 Å². The number of aromatic amines is 1. The van der Waals surface area contributed by atoms with Crippen LogP contribution in [0.3, 0.4) is 0 Å². The molecule has 3 rings (SSSR count). The molecule has 0 unspecified atom stereocenters. The Kier molecular flexibility index (Phi) is 3.23. The van der Waals surface area contributed by atoms with Gasteiger partial charge in [0.1, 0.15) is 5.82 Å². The van der Waals surface area contributed by atoms with Gasteiger partial charge in [-0.25, -0.2) is 18.5 Å². The van der Waals surface area contributed by atoms with Crippen molar-refractivity contribution in [1.82, 2.24) is 9.97 Å². The zero-order valence-electron chi connectivity index (χ0n) is 11.5. The lowest BCUT2D eigenvalue weighted by atomic mass is 10.2. The van der Waals surface area contributed by atoms with Crippen molar-refractivity contribution in [1.29, 1.82) is 0 Å². The van der Waals surface area contributed by atoms with Gasteiger partial charge in [-0.1, -0.05) is 0 Å². The van der Waals surface area contributed by atoms with Gasteiger partial charge in [0.25, 0.3) is 15.9 Å². The molecule has 9 heteroatoms. The number of sulfonamides is 1. The number of benzene rings is 1. The van der Waals surface area contributed by atoms with Gasteiger partial charge in [-0.3, -0.25) is 4.79 Å². The Morgan fingerprint density at radius 1 is 1.32 bits per heavy atom. The van der Waals surface area contributed by atoms with Crippen LogP contribution in [0.25, 0.3) is 11.0 Å². The van der Waals surface area contributed by atoms with E-state index in [-0.39, 0.29) is 5.76 Å². The van der Waals surface area contributed by atoms with Crippen molar-refractivity contribution >= 4 is 32.7 Å². The summed E-state index contributed by atoms with van der Waals surface area (Å²) >= 11 is 0. The number of rotatable bonds is 3. The number of nitrogens with one attached hydrogen (secondary N) is 2. The molecule has 0 saturated heterocycles. The molecule has 0 fully saturated rings. The number of amides is 1. The number of hydrogen-bond donors (Lipinski definition) is 3. The van der Waals surface area contributed by atoms with E-state index in [0.717, 1.165) is 22.9 Å². The summed E-state index contributed by atoms with van der Waals surface area (Å²) in [6.07, 6.45) is 0. The molecule has 114 valence electrons. The van der Waals surface area contributed by atoms with Crippen molar-refractivity contribution in [3.8, 4) is 0 Å². The minimum absolute atomic E-state index is 0.148. The summed E-state index contributed by atoms with van der Waals surface area (Å²) in [5, 5.41) is 7.07. The largest absolute Gasteiger partial charge is 0.438 e. The molecule has 4 N–H and O–H groups in total. The lowest BCUT2D eigenvalue weighted by Gasteiger charge is -2.02. The van der Waals surface area contributed by atoms with Gasteiger partial charge in [-0.05, 0) is 37.3 Å². The van der Waals surface area contributed by atoms with Gasteiger partial charge in [0.05, 0.1) is 11.0 Å². The summed E-state index contributed by atoms with van der Waals surface area (Å²) in [6, 6.07) is 7.53. The maximum absolute atomic E-state index is 12.0. The van der Waals surface area contributed by atoms with Crippen molar-refractivity contribution in [3.05, 3.63) is 41.9 Å². The van der Waals surface area contributed by atoms with E-state index in [9.17, 15) is 13.2 Å². The maximum atomic E-state index is 12.0.